The molecule has 1 aliphatic rings. The lowest BCUT2D eigenvalue weighted by Crippen LogP contribution is -2.32. The first-order valence-corrected chi connectivity index (χ1v) is 10.4. The molecule has 29 heavy (non-hydrogen) atoms. The number of nitrogens with zero attached hydrogens (tertiary/aromatic N) is 3. The Morgan fingerprint density at radius 2 is 1.97 bits per heavy atom. The Hall–Kier alpha value is -2.28. The molecule has 150 valence electrons. The Morgan fingerprint density at radius 1 is 1.21 bits per heavy atom. The Kier molecular flexibility index (Phi) is 7.36. The quantitative estimate of drug-likeness (QED) is 0.338. The molecule has 0 aliphatic carbocycles. The van der Waals surface area contributed by atoms with Gasteiger partial charge in [0.15, 0.2) is 5.17 Å². The molecule has 0 saturated carbocycles. The van der Waals surface area contributed by atoms with Crippen molar-refractivity contribution in [3.05, 3.63) is 76.3 Å². The van der Waals surface area contributed by atoms with Crippen LogP contribution in [0.25, 0.3) is 0 Å². The van der Waals surface area contributed by atoms with Gasteiger partial charge in [-0.1, -0.05) is 47.1 Å². The van der Waals surface area contributed by atoms with Crippen LogP contribution in [0.4, 0.5) is 0 Å². The normalized spacial score (nSPS) is 18.0. The maximum Gasteiger partial charge on any atom is 0.242 e. The number of methoxy groups -OCH3 is 1. The van der Waals surface area contributed by atoms with Gasteiger partial charge in [-0.05, 0) is 53.9 Å². The summed E-state index contributed by atoms with van der Waals surface area (Å²) in [5.41, 5.74) is 1.82. The summed E-state index contributed by atoms with van der Waals surface area (Å²) >= 11 is 13.4. The Labute approximate surface area is 184 Å². The van der Waals surface area contributed by atoms with E-state index in [9.17, 15) is 4.79 Å². The minimum absolute atomic E-state index is 0.0284. The van der Waals surface area contributed by atoms with Crippen LogP contribution in [0.1, 0.15) is 11.1 Å². The van der Waals surface area contributed by atoms with Crippen LogP contribution in [0.5, 0.6) is 5.75 Å². The molecule has 2 aromatic rings. The first-order valence-electron chi connectivity index (χ1n) is 8.79. The molecule has 1 heterocycles. The van der Waals surface area contributed by atoms with Crippen molar-refractivity contribution >= 4 is 52.3 Å². The third-order valence-corrected chi connectivity index (χ3v) is 6.11. The lowest BCUT2D eigenvalue weighted by atomic mass is 10.1. The van der Waals surface area contributed by atoms with Gasteiger partial charge in [-0.3, -0.25) is 9.69 Å². The number of hydrogen-bond donors (Lipinski definition) is 0. The van der Waals surface area contributed by atoms with Crippen LogP contribution < -0.4 is 4.74 Å². The van der Waals surface area contributed by atoms with E-state index in [1.54, 1.807) is 36.4 Å². The second-order valence-electron chi connectivity index (χ2n) is 6.20. The van der Waals surface area contributed by atoms with Crippen molar-refractivity contribution in [3.63, 3.8) is 0 Å². The third-order valence-electron chi connectivity index (χ3n) is 4.20. The van der Waals surface area contributed by atoms with Gasteiger partial charge in [0.05, 0.1) is 28.6 Å². The lowest BCUT2D eigenvalue weighted by Gasteiger charge is -2.13. The van der Waals surface area contributed by atoms with Crippen LogP contribution in [-0.4, -0.2) is 41.1 Å². The van der Waals surface area contributed by atoms with Gasteiger partial charge in [0.1, 0.15) is 5.75 Å². The highest BCUT2D eigenvalue weighted by atomic mass is 35.5. The fourth-order valence-corrected chi connectivity index (χ4v) is 4.19. The van der Waals surface area contributed by atoms with Crippen molar-refractivity contribution in [2.45, 2.75) is 11.7 Å². The fraction of sp³-hybridized carbons (Fsp3) is 0.190. The number of carbonyl (C=O) groups is 1. The summed E-state index contributed by atoms with van der Waals surface area (Å²) in [5, 5.41) is 9.62. The van der Waals surface area contributed by atoms with E-state index in [4.69, 9.17) is 27.9 Å². The van der Waals surface area contributed by atoms with E-state index in [0.717, 1.165) is 16.9 Å². The molecular weight excluding hydrogens is 429 g/mol. The number of halogens is 2. The molecule has 1 aliphatic heterocycles. The highest BCUT2D eigenvalue weighted by molar-refractivity contribution is 8.15. The first kappa shape index (κ1) is 21.4. The summed E-state index contributed by atoms with van der Waals surface area (Å²) in [5.74, 6) is 0.743. The number of thioether (sulfide) groups is 1. The largest absolute Gasteiger partial charge is 0.497 e. The van der Waals surface area contributed by atoms with Gasteiger partial charge in [-0.2, -0.15) is 5.10 Å². The zero-order valence-electron chi connectivity index (χ0n) is 15.7. The molecule has 1 fully saturated rings. The average Bonchev–Trinajstić information content (AvgIpc) is 3.01. The smallest absolute Gasteiger partial charge is 0.242 e. The SMILES string of the molecule is C=CCN1C(=O)C(Cc2ccc(Cl)c(Cl)c2)S/C1=N/N=C/c1ccc(OC)cc1. The Morgan fingerprint density at radius 3 is 2.62 bits per heavy atom. The molecule has 1 amide bonds. The molecule has 0 bridgehead atoms. The molecule has 0 radical (unpaired) electrons. The molecule has 0 aromatic heterocycles. The van der Waals surface area contributed by atoms with Gasteiger partial charge >= 0.3 is 0 Å². The second-order valence-corrected chi connectivity index (χ2v) is 8.18. The molecule has 1 atom stereocenters. The number of carbonyl (C=O) groups excluding carboxylic acids is 1. The number of ether oxygens (including phenoxy) is 1. The molecule has 1 saturated heterocycles. The van der Waals surface area contributed by atoms with E-state index >= 15 is 0 Å². The maximum absolute atomic E-state index is 12.8. The van der Waals surface area contributed by atoms with E-state index in [1.807, 2.05) is 30.3 Å². The molecule has 2 aromatic carbocycles. The summed E-state index contributed by atoms with van der Waals surface area (Å²) in [4.78, 5) is 14.4. The monoisotopic (exact) mass is 447 g/mol. The van der Waals surface area contributed by atoms with E-state index in [1.165, 1.54) is 11.8 Å². The summed E-state index contributed by atoms with van der Waals surface area (Å²) in [7, 11) is 1.62. The predicted molar refractivity (Wildman–Crippen MR) is 121 cm³/mol. The van der Waals surface area contributed by atoms with E-state index in [2.05, 4.69) is 16.8 Å². The van der Waals surface area contributed by atoms with Crippen molar-refractivity contribution < 1.29 is 9.53 Å². The van der Waals surface area contributed by atoms with Gasteiger partial charge < -0.3 is 4.74 Å². The average molecular weight is 448 g/mol. The van der Waals surface area contributed by atoms with Gasteiger partial charge in [0.25, 0.3) is 0 Å². The fourth-order valence-electron chi connectivity index (χ4n) is 2.73. The van der Waals surface area contributed by atoms with Crippen molar-refractivity contribution in [1.29, 1.82) is 0 Å². The van der Waals surface area contributed by atoms with E-state index in [0.29, 0.717) is 28.2 Å². The number of benzene rings is 2. The van der Waals surface area contributed by atoms with Crippen molar-refractivity contribution in [3.8, 4) is 5.75 Å². The van der Waals surface area contributed by atoms with Crippen LogP contribution in [0.3, 0.4) is 0 Å². The van der Waals surface area contributed by atoms with Crippen LogP contribution in [0.15, 0.2) is 65.3 Å². The van der Waals surface area contributed by atoms with Crippen LogP contribution in [0.2, 0.25) is 10.0 Å². The van der Waals surface area contributed by atoms with E-state index in [-0.39, 0.29) is 11.2 Å². The molecule has 8 heteroatoms. The topological polar surface area (TPSA) is 54.3 Å². The van der Waals surface area contributed by atoms with Gasteiger partial charge in [0, 0.05) is 6.54 Å². The summed E-state index contributed by atoms with van der Waals surface area (Å²) in [6.45, 7) is 4.10. The minimum atomic E-state index is -0.304. The summed E-state index contributed by atoms with van der Waals surface area (Å²) < 4.78 is 5.14. The van der Waals surface area contributed by atoms with Crippen molar-refractivity contribution in [2.24, 2.45) is 10.2 Å². The third kappa shape index (κ3) is 5.41. The number of hydrogen-bond acceptors (Lipinski definition) is 5. The lowest BCUT2D eigenvalue weighted by molar-refractivity contribution is -0.125. The second kappa shape index (κ2) is 9.96. The van der Waals surface area contributed by atoms with Gasteiger partial charge in [-0.25, -0.2) is 0 Å². The Balaban J connectivity index is 1.75. The van der Waals surface area contributed by atoms with Gasteiger partial charge in [-0.15, -0.1) is 11.7 Å². The highest BCUT2D eigenvalue weighted by Gasteiger charge is 2.37. The zero-order chi connectivity index (χ0) is 20.8. The van der Waals surface area contributed by atoms with Crippen molar-refractivity contribution in [1.82, 2.24) is 4.90 Å². The number of amides is 1. The summed E-state index contributed by atoms with van der Waals surface area (Å²) in [6, 6.07) is 12.8. The zero-order valence-corrected chi connectivity index (χ0v) is 18.0. The Bertz CT molecular complexity index is 961. The van der Waals surface area contributed by atoms with Crippen LogP contribution in [-0.2, 0) is 11.2 Å². The van der Waals surface area contributed by atoms with Gasteiger partial charge in [0.2, 0.25) is 5.91 Å². The van der Waals surface area contributed by atoms with Crippen molar-refractivity contribution in [2.75, 3.05) is 13.7 Å². The predicted octanol–water partition coefficient (Wildman–Crippen LogP) is 5.06. The molecule has 3 rings (SSSR count). The first-order chi connectivity index (χ1) is 14.0. The number of rotatable bonds is 7. The summed E-state index contributed by atoms with van der Waals surface area (Å²) in [6.07, 6.45) is 3.83. The maximum atomic E-state index is 12.8. The molecule has 1 unspecified atom stereocenters. The minimum Gasteiger partial charge on any atom is -0.497 e. The molecule has 0 spiro atoms. The number of amidine groups is 1. The molecule has 0 N–H and O–H groups in total. The van der Waals surface area contributed by atoms with Crippen LogP contribution in [0, 0.1) is 0 Å². The molecular formula is C21H19Cl2N3O2S. The standard InChI is InChI=1S/C21H19Cl2N3O2S/c1-3-10-26-20(27)19(12-15-6-9-17(22)18(23)11-15)29-21(26)25-24-13-14-4-7-16(28-2)8-5-14/h3-9,11,13,19H,1,10,12H2,2H3/b24-13+,25-21+. The van der Waals surface area contributed by atoms with Crippen LogP contribution >= 0.6 is 35.0 Å². The van der Waals surface area contributed by atoms with E-state index < -0.39 is 0 Å². The molecule has 5 nitrogen and oxygen atoms in total. The highest BCUT2D eigenvalue weighted by Crippen LogP contribution is 2.31.